The number of urea groups is 1. The lowest BCUT2D eigenvalue weighted by molar-refractivity contribution is -0.384. The first kappa shape index (κ1) is 22.7. The minimum atomic E-state index is -0.955. The Hall–Kier alpha value is -4.50. The van der Waals surface area contributed by atoms with Crippen LogP contribution >= 0.6 is 11.6 Å². The van der Waals surface area contributed by atoms with E-state index >= 15 is 0 Å². The standard InChI is InChI=1S/C24H16ClN3O6/c25-20-13-16(6-11-21(20)34-14-15-4-2-1-3-5-15)12-19-22(29)26-24(31)27(23(19)30)17-7-9-18(10-8-17)28(32)33/h1-13H,14H2,(H,26,29,31)/b19-12+. The maximum atomic E-state index is 13.0. The number of non-ortho nitro benzene ring substituents is 1. The van der Waals surface area contributed by atoms with Crippen LogP contribution in [0.4, 0.5) is 16.2 Å². The number of carbonyl (C=O) groups excluding carboxylic acids is 3. The molecule has 1 N–H and O–H groups in total. The third kappa shape index (κ3) is 4.79. The summed E-state index contributed by atoms with van der Waals surface area (Å²) in [5.41, 5.74) is 0.977. The number of nitrogens with zero attached hydrogens (tertiary/aromatic N) is 2. The molecule has 1 heterocycles. The highest BCUT2D eigenvalue weighted by Crippen LogP contribution is 2.29. The molecule has 1 aliphatic rings. The Kier molecular flexibility index (Phi) is 6.37. The number of imide groups is 2. The van der Waals surface area contributed by atoms with Crippen LogP contribution in [0.1, 0.15) is 11.1 Å². The molecule has 0 radical (unpaired) electrons. The van der Waals surface area contributed by atoms with E-state index in [9.17, 15) is 24.5 Å². The maximum Gasteiger partial charge on any atom is 0.335 e. The molecular formula is C24H16ClN3O6. The minimum Gasteiger partial charge on any atom is -0.487 e. The van der Waals surface area contributed by atoms with E-state index in [0.717, 1.165) is 22.6 Å². The number of hydrogen-bond acceptors (Lipinski definition) is 6. The Labute approximate surface area is 198 Å². The summed E-state index contributed by atoms with van der Waals surface area (Å²) >= 11 is 6.31. The first-order valence-corrected chi connectivity index (χ1v) is 10.3. The van der Waals surface area contributed by atoms with Crippen molar-refractivity contribution < 1.29 is 24.0 Å². The van der Waals surface area contributed by atoms with Crippen LogP contribution in [0.3, 0.4) is 0 Å². The van der Waals surface area contributed by atoms with Crippen molar-refractivity contribution in [1.29, 1.82) is 0 Å². The van der Waals surface area contributed by atoms with Crippen LogP contribution in [0.2, 0.25) is 5.02 Å². The van der Waals surface area contributed by atoms with Gasteiger partial charge in [0.15, 0.2) is 0 Å². The number of amides is 4. The number of nitro benzene ring substituents is 1. The van der Waals surface area contributed by atoms with E-state index in [1.807, 2.05) is 30.3 Å². The average molecular weight is 478 g/mol. The van der Waals surface area contributed by atoms with Gasteiger partial charge in [-0.1, -0.05) is 48.0 Å². The molecular weight excluding hydrogens is 462 g/mol. The third-order valence-corrected chi connectivity index (χ3v) is 5.22. The van der Waals surface area contributed by atoms with Gasteiger partial charge in [0, 0.05) is 12.1 Å². The minimum absolute atomic E-state index is 0.0780. The van der Waals surface area contributed by atoms with E-state index < -0.39 is 22.8 Å². The van der Waals surface area contributed by atoms with Crippen molar-refractivity contribution in [2.75, 3.05) is 4.90 Å². The van der Waals surface area contributed by atoms with Crippen molar-refractivity contribution in [2.45, 2.75) is 6.61 Å². The first-order valence-electron chi connectivity index (χ1n) is 9.95. The second-order valence-corrected chi connectivity index (χ2v) is 7.60. The van der Waals surface area contributed by atoms with Crippen molar-refractivity contribution in [3.63, 3.8) is 0 Å². The zero-order valence-corrected chi connectivity index (χ0v) is 18.2. The molecule has 34 heavy (non-hydrogen) atoms. The van der Waals surface area contributed by atoms with Crippen LogP contribution in [0, 0.1) is 10.1 Å². The molecule has 0 saturated carbocycles. The summed E-state index contributed by atoms with van der Waals surface area (Å²) in [6.45, 7) is 0.314. The lowest BCUT2D eigenvalue weighted by atomic mass is 10.1. The van der Waals surface area contributed by atoms with Gasteiger partial charge in [0.25, 0.3) is 17.5 Å². The van der Waals surface area contributed by atoms with Crippen molar-refractivity contribution in [3.05, 3.63) is 105 Å². The summed E-state index contributed by atoms with van der Waals surface area (Å²) in [6, 6.07) is 18.1. The fraction of sp³-hybridized carbons (Fsp3) is 0.0417. The van der Waals surface area contributed by atoms with Gasteiger partial charge < -0.3 is 4.74 Å². The maximum absolute atomic E-state index is 13.0. The van der Waals surface area contributed by atoms with E-state index in [1.165, 1.54) is 24.3 Å². The molecule has 4 amide bonds. The molecule has 9 nitrogen and oxygen atoms in total. The second-order valence-electron chi connectivity index (χ2n) is 7.20. The Morgan fingerprint density at radius 1 is 1.00 bits per heavy atom. The third-order valence-electron chi connectivity index (χ3n) is 4.92. The van der Waals surface area contributed by atoms with Crippen LogP contribution in [0.15, 0.2) is 78.4 Å². The highest BCUT2D eigenvalue weighted by atomic mass is 35.5. The second kappa shape index (κ2) is 9.55. The van der Waals surface area contributed by atoms with Gasteiger partial charge in [-0.25, -0.2) is 9.69 Å². The number of hydrogen-bond donors (Lipinski definition) is 1. The van der Waals surface area contributed by atoms with Crippen molar-refractivity contribution in [1.82, 2.24) is 5.32 Å². The quantitative estimate of drug-likeness (QED) is 0.242. The fourth-order valence-electron chi connectivity index (χ4n) is 3.24. The van der Waals surface area contributed by atoms with E-state index in [2.05, 4.69) is 5.32 Å². The zero-order chi connectivity index (χ0) is 24.2. The summed E-state index contributed by atoms with van der Waals surface area (Å²) in [5.74, 6) is -1.31. The van der Waals surface area contributed by atoms with Gasteiger partial charge in [-0.3, -0.25) is 25.0 Å². The van der Waals surface area contributed by atoms with Gasteiger partial charge in [-0.05, 0) is 41.5 Å². The number of anilines is 1. The van der Waals surface area contributed by atoms with E-state index in [1.54, 1.807) is 12.1 Å². The van der Waals surface area contributed by atoms with Gasteiger partial charge in [-0.15, -0.1) is 0 Å². The number of benzene rings is 3. The molecule has 0 unspecified atom stereocenters. The van der Waals surface area contributed by atoms with Gasteiger partial charge in [0.2, 0.25) is 0 Å². The number of ether oxygens (including phenoxy) is 1. The lowest BCUT2D eigenvalue weighted by Gasteiger charge is -2.26. The van der Waals surface area contributed by atoms with Crippen molar-refractivity contribution >= 4 is 46.9 Å². The van der Waals surface area contributed by atoms with Gasteiger partial charge >= 0.3 is 6.03 Å². The molecule has 3 aromatic rings. The molecule has 0 atom stereocenters. The Balaban J connectivity index is 1.56. The van der Waals surface area contributed by atoms with E-state index in [0.29, 0.717) is 17.9 Å². The molecule has 170 valence electrons. The number of nitrogens with one attached hydrogen (secondary N) is 1. The highest BCUT2D eigenvalue weighted by molar-refractivity contribution is 6.39. The molecule has 1 fully saturated rings. The molecule has 1 aliphatic heterocycles. The Morgan fingerprint density at radius 3 is 2.35 bits per heavy atom. The molecule has 10 heteroatoms. The molecule has 1 saturated heterocycles. The topological polar surface area (TPSA) is 119 Å². The molecule has 0 spiro atoms. The number of carbonyl (C=O) groups is 3. The summed E-state index contributed by atoms with van der Waals surface area (Å²) in [5, 5.41) is 13.2. The Bertz CT molecular complexity index is 1320. The molecule has 0 aliphatic carbocycles. The van der Waals surface area contributed by atoms with Crippen LogP contribution in [0.25, 0.3) is 6.08 Å². The van der Waals surface area contributed by atoms with Crippen LogP contribution < -0.4 is 15.0 Å². The molecule has 0 aromatic heterocycles. The van der Waals surface area contributed by atoms with Crippen molar-refractivity contribution in [2.24, 2.45) is 0 Å². The number of nitro groups is 1. The summed E-state index contributed by atoms with van der Waals surface area (Å²) < 4.78 is 5.73. The molecule has 0 bridgehead atoms. The normalized spacial score (nSPS) is 14.8. The zero-order valence-electron chi connectivity index (χ0n) is 17.4. The average Bonchev–Trinajstić information content (AvgIpc) is 2.82. The van der Waals surface area contributed by atoms with Crippen LogP contribution in [-0.2, 0) is 16.2 Å². The summed E-state index contributed by atoms with van der Waals surface area (Å²) in [4.78, 5) is 48.6. The first-order chi connectivity index (χ1) is 16.3. The molecule has 4 rings (SSSR count). The predicted molar refractivity (Wildman–Crippen MR) is 124 cm³/mol. The monoisotopic (exact) mass is 477 g/mol. The lowest BCUT2D eigenvalue weighted by Crippen LogP contribution is -2.54. The van der Waals surface area contributed by atoms with E-state index in [4.69, 9.17) is 16.3 Å². The largest absolute Gasteiger partial charge is 0.487 e. The van der Waals surface area contributed by atoms with Crippen LogP contribution in [-0.4, -0.2) is 22.8 Å². The highest BCUT2D eigenvalue weighted by Gasteiger charge is 2.37. The number of barbiturate groups is 1. The van der Waals surface area contributed by atoms with Gasteiger partial charge in [-0.2, -0.15) is 0 Å². The fourth-order valence-corrected chi connectivity index (χ4v) is 3.48. The summed E-state index contributed by atoms with van der Waals surface area (Å²) in [7, 11) is 0. The summed E-state index contributed by atoms with van der Waals surface area (Å²) in [6.07, 6.45) is 1.30. The van der Waals surface area contributed by atoms with Crippen LogP contribution in [0.5, 0.6) is 5.75 Å². The van der Waals surface area contributed by atoms with Gasteiger partial charge in [0.05, 0.1) is 15.6 Å². The van der Waals surface area contributed by atoms with E-state index in [-0.39, 0.29) is 22.0 Å². The Morgan fingerprint density at radius 2 is 1.71 bits per heavy atom. The smallest absolute Gasteiger partial charge is 0.335 e. The van der Waals surface area contributed by atoms with Gasteiger partial charge in [0.1, 0.15) is 17.9 Å². The number of halogens is 1. The SMILES string of the molecule is O=C1NC(=O)N(c2ccc([N+](=O)[O-])cc2)C(=O)/C1=C/c1ccc(OCc2ccccc2)c(Cl)c1. The number of rotatable bonds is 6. The molecule has 3 aromatic carbocycles. The van der Waals surface area contributed by atoms with Crippen molar-refractivity contribution in [3.8, 4) is 5.75 Å². The predicted octanol–water partition coefficient (Wildman–Crippen LogP) is 4.49.